The summed E-state index contributed by atoms with van der Waals surface area (Å²) in [5.74, 6) is -0.0936. The largest absolute Gasteiger partial charge is 0.398 e. The number of anilines is 2. The summed E-state index contributed by atoms with van der Waals surface area (Å²) < 4.78 is 0. The van der Waals surface area contributed by atoms with E-state index in [-0.39, 0.29) is 17.7 Å². The number of carbonyl (C=O) groups excluding carboxylic acids is 2. The van der Waals surface area contributed by atoms with Crippen molar-refractivity contribution in [1.82, 2.24) is 9.88 Å². The van der Waals surface area contributed by atoms with E-state index >= 15 is 0 Å². The van der Waals surface area contributed by atoms with Crippen LogP contribution in [0.15, 0.2) is 42.7 Å². The molecule has 1 aromatic carbocycles. The van der Waals surface area contributed by atoms with E-state index in [1.54, 1.807) is 29.4 Å². The molecule has 3 heterocycles. The van der Waals surface area contributed by atoms with Crippen molar-refractivity contribution in [3.05, 3.63) is 53.9 Å². The Balaban J connectivity index is 1.52. The second-order valence-corrected chi connectivity index (χ2v) is 7.26. The molecule has 2 aliphatic heterocycles. The third-order valence-electron chi connectivity index (χ3n) is 5.54. The number of pyridine rings is 1. The molecule has 27 heavy (non-hydrogen) atoms. The van der Waals surface area contributed by atoms with Gasteiger partial charge in [-0.15, -0.1) is 0 Å². The fourth-order valence-electron chi connectivity index (χ4n) is 4.14. The van der Waals surface area contributed by atoms with Crippen LogP contribution >= 0.6 is 0 Å². The predicted molar refractivity (Wildman–Crippen MR) is 104 cm³/mol. The highest BCUT2D eigenvalue weighted by molar-refractivity contribution is 5.98. The molecule has 0 aliphatic carbocycles. The Kier molecular flexibility index (Phi) is 4.79. The van der Waals surface area contributed by atoms with Crippen molar-refractivity contribution >= 4 is 23.2 Å². The fraction of sp³-hybridized carbons (Fsp3) is 0.381. The van der Waals surface area contributed by atoms with Crippen LogP contribution < -0.4 is 10.6 Å². The SMILES string of the molecule is Nc1cccc2c1CCCN2C(=O)C1CCCN(C(=O)c2ccncc2)C1. The topological polar surface area (TPSA) is 79.5 Å². The molecular weight excluding hydrogens is 340 g/mol. The molecule has 140 valence electrons. The van der Waals surface area contributed by atoms with Crippen molar-refractivity contribution < 1.29 is 9.59 Å². The van der Waals surface area contributed by atoms with Crippen LogP contribution in [-0.4, -0.2) is 41.3 Å². The van der Waals surface area contributed by atoms with Gasteiger partial charge in [-0.05, 0) is 55.5 Å². The summed E-state index contributed by atoms with van der Waals surface area (Å²) in [6, 6.07) is 9.21. The van der Waals surface area contributed by atoms with Gasteiger partial charge in [-0.25, -0.2) is 0 Å². The maximum absolute atomic E-state index is 13.3. The fourth-order valence-corrected chi connectivity index (χ4v) is 4.14. The molecule has 6 nitrogen and oxygen atoms in total. The Bertz CT molecular complexity index is 853. The van der Waals surface area contributed by atoms with E-state index in [1.165, 1.54) is 0 Å². The number of rotatable bonds is 2. The first kappa shape index (κ1) is 17.5. The molecule has 0 radical (unpaired) electrons. The number of benzene rings is 1. The number of hydrogen-bond donors (Lipinski definition) is 1. The van der Waals surface area contributed by atoms with Gasteiger partial charge in [0.15, 0.2) is 0 Å². The molecule has 1 aromatic heterocycles. The van der Waals surface area contributed by atoms with Crippen molar-refractivity contribution in [2.75, 3.05) is 30.3 Å². The minimum absolute atomic E-state index is 0.0295. The monoisotopic (exact) mass is 364 g/mol. The second-order valence-electron chi connectivity index (χ2n) is 7.26. The molecule has 0 bridgehead atoms. The number of aromatic nitrogens is 1. The van der Waals surface area contributed by atoms with Gasteiger partial charge in [0.1, 0.15) is 0 Å². The molecule has 2 N–H and O–H groups in total. The normalized spacial score (nSPS) is 19.5. The summed E-state index contributed by atoms with van der Waals surface area (Å²) in [6.45, 7) is 1.87. The molecule has 2 aliphatic rings. The van der Waals surface area contributed by atoms with Crippen LogP contribution in [0.5, 0.6) is 0 Å². The Labute approximate surface area is 159 Å². The van der Waals surface area contributed by atoms with E-state index in [0.717, 1.165) is 42.6 Å². The summed E-state index contributed by atoms with van der Waals surface area (Å²) in [5, 5.41) is 0. The van der Waals surface area contributed by atoms with Crippen LogP contribution in [0.2, 0.25) is 0 Å². The van der Waals surface area contributed by atoms with Gasteiger partial charge in [-0.1, -0.05) is 6.07 Å². The highest BCUT2D eigenvalue weighted by Gasteiger charge is 2.34. The molecule has 6 heteroatoms. The molecular formula is C21H24N4O2. The number of piperidine rings is 1. The Morgan fingerprint density at radius 3 is 2.70 bits per heavy atom. The van der Waals surface area contributed by atoms with E-state index in [2.05, 4.69) is 4.98 Å². The molecule has 1 atom stereocenters. The molecule has 2 amide bonds. The zero-order chi connectivity index (χ0) is 18.8. The quantitative estimate of drug-likeness (QED) is 0.831. The average Bonchev–Trinajstić information content (AvgIpc) is 2.73. The third kappa shape index (κ3) is 3.39. The number of nitrogens with two attached hydrogens (primary N) is 1. The lowest BCUT2D eigenvalue weighted by molar-refractivity contribution is -0.123. The average molecular weight is 364 g/mol. The zero-order valence-electron chi connectivity index (χ0n) is 15.3. The predicted octanol–water partition coefficient (Wildman–Crippen LogP) is 2.50. The number of hydrogen-bond acceptors (Lipinski definition) is 4. The van der Waals surface area contributed by atoms with Crippen LogP contribution in [0.3, 0.4) is 0 Å². The van der Waals surface area contributed by atoms with Gasteiger partial charge in [0.05, 0.1) is 5.92 Å². The summed E-state index contributed by atoms with van der Waals surface area (Å²) in [7, 11) is 0. The summed E-state index contributed by atoms with van der Waals surface area (Å²) >= 11 is 0. The number of nitrogen functional groups attached to an aromatic ring is 1. The highest BCUT2D eigenvalue weighted by atomic mass is 16.2. The molecule has 4 rings (SSSR count). The van der Waals surface area contributed by atoms with Crippen molar-refractivity contribution in [1.29, 1.82) is 0 Å². The molecule has 1 fully saturated rings. The molecule has 1 saturated heterocycles. The summed E-state index contributed by atoms with van der Waals surface area (Å²) in [5.41, 5.74) is 9.49. The smallest absolute Gasteiger partial charge is 0.253 e. The Hall–Kier alpha value is -2.89. The lowest BCUT2D eigenvalue weighted by Crippen LogP contribution is -2.48. The number of amides is 2. The first-order valence-electron chi connectivity index (χ1n) is 9.53. The highest BCUT2D eigenvalue weighted by Crippen LogP contribution is 2.33. The molecule has 2 aromatic rings. The maximum Gasteiger partial charge on any atom is 0.253 e. The van der Waals surface area contributed by atoms with Gasteiger partial charge in [0.2, 0.25) is 5.91 Å². The van der Waals surface area contributed by atoms with E-state index in [1.807, 2.05) is 23.1 Å². The third-order valence-corrected chi connectivity index (χ3v) is 5.54. The first-order valence-corrected chi connectivity index (χ1v) is 9.53. The van der Waals surface area contributed by atoms with E-state index in [9.17, 15) is 9.59 Å². The number of fused-ring (bicyclic) bond motifs is 1. The lowest BCUT2D eigenvalue weighted by Gasteiger charge is -2.37. The van der Waals surface area contributed by atoms with E-state index in [4.69, 9.17) is 5.73 Å². The zero-order valence-corrected chi connectivity index (χ0v) is 15.3. The van der Waals surface area contributed by atoms with Gasteiger partial charge >= 0.3 is 0 Å². The Morgan fingerprint density at radius 2 is 1.89 bits per heavy atom. The minimum Gasteiger partial charge on any atom is -0.398 e. The molecule has 0 spiro atoms. The van der Waals surface area contributed by atoms with Crippen LogP contribution in [0, 0.1) is 5.92 Å². The second kappa shape index (κ2) is 7.39. The van der Waals surface area contributed by atoms with Gasteiger partial charge < -0.3 is 15.5 Å². The summed E-state index contributed by atoms with van der Waals surface area (Å²) in [4.78, 5) is 33.6. The molecule has 0 saturated carbocycles. The summed E-state index contributed by atoms with van der Waals surface area (Å²) in [6.07, 6.45) is 6.71. The lowest BCUT2D eigenvalue weighted by atomic mass is 9.93. The maximum atomic E-state index is 13.3. The standard InChI is InChI=1S/C21H24N4O2/c22-18-6-1-7-19-17(18)5-3-13-25(19)21(27)16-4-2-12-24(14-16)20(26)15-8-10-23-11-9-15/h1,6-11,16H,2-5,12-14,22H2. The van der Waals surface area contributed by atoms with Gasteiger partial charge in [-0.2, -0.15) is 0 Å². The van der Waals surface area contributed by atoms with Crippen LogP contribution in [0.1, 0.15) is 35.2 Å². The number of carbonyl (C=O) groups is 2. The molecule has 1 unspecified atom stereocenters. The number of likely N-dealkylation sites (tertiary alicyclic amines) is 1. The minimum atomic E-state index is -0.170. The van der Waals surface area contributed by atoms with Gasteiger partial charge in [-0.3, -0.25) is 14.6 Å². The first-order chi connectivity index (χ1) is 13.1. The van der Waals surface area contributed by atoms with Crippen molar-refractivity contribution in [2.24, 2.45) is 5.92 Å². The number of nitrogens with zero attached hydrogens (tertiary/aromatic N) is 3. The van der Waals surface area contributed by atoms with E-state index < -0.39 is 0 Å². The Morgan fingerprint density at radius 1 is 1.07 bits per heavy atom. The van der Waals surface area contributed by atoms with Crippen LogP contribution in [0.25, 0.3) is 0 Å². The van der Waals surface area contributed by atoms with Crippen LogP contribution in [-0.2, 0) is 11.2 Å². The van der Waals surface area contributed by atoms with Crippen molar-refractivity contribution in [3.8, 4) is 0 Å². The van der Waals surface area contributed by atoms with Crippen molar-refractivity contribution in [3.63, 3.8) is 0 Å². The van der Waals surface area contributed by atoms with E-state index in [0.29, 0.717) is 25.2 Å². The van der Waals surface area contributed by atoms with Gasteiger partial charge in [0.25, 0.3) is 5.91 Å². The van der Waals surface area contributed by atoms with Crippen molar-refractivity contribution in [2.45, 2.75) is 25.7 Å². The van der Waals surface area contributed by atoms with Crippen LogP contribution in [0.4, 0.5) is 11.4 Å². The van der Waals surface area contributed by atoms with Gasteiger partial charge in [0, 0.05) is 49.0 Å².